The zero-order valence-corrected chi connectivity index (χ0v) is 39.6. The summed E-state index contributed by atoms with van der Waals surface area (Å²) in [6, 6.07) is 46.4. The van der Waals surface area contributed by atoms with Crippen molar-refractivity contribution in [2.24, 2.45) is 10.8 Å². The second-order valence-corrected chi connectivity index (χ2v) is 60.8. The van der Waals surface area contributed by atoms with Gasteiger partial charge in [0.25, 0.3) is 0 Å². The molecule has 0 saturated heterocycles. The Morgan fingerprint density at radius 1 is 0.536 bits per heavy atom. The van der Waals surface area contributed by atoms with Gasteiger partial charge < -0.3 is 0 Å². The van der Waals surface area contributed by atoms with Gasteiger partial charge in [-0.15, -0.1) is 0 Å². The van der Waals surface area contributed by atoms with Crippen molar-refractivity contribution in [1.82, 2.24) is 0 Å². The molecule has 0 heterocycles. The Morgan fingerprint density at radius 2 is 0.946 bits per heavy atom. The number of benzene rings is 6. The van der Waals surface area contributed by atoms with Crippen LogP contribution in [0.15, 0.2) is 132 Å². The third-order valence-corrected chi connectivity index (χ3v) is 63.1. The molecule has 3 atom stereocenters. The molecular weight excluding hydrogens is 815 g/mol. The van der Waals surface area contributed by atoms with Gasteiger partial charge in [0.1, 0.15) is 0 Å². The van der Waals surface area contributed by atoms with E-state index in [4.69, 9.17) is 17.0 Å². The van der Waals surface area contributed by atoms with Crippen LogP contribution >= 0.6 is 17.0 Å². The van der Waals surface area contributed by atoms with E-state index in [2.05, 4.69) is 188 Å². The Morgan fingerprint density at radius 3 is 1.34 bits per heavy atom. The van der Waals surface area contributed by atoms with E-state index in [9.17, 15) is 0 Å². The van der Waals surface area contributed by atoms with Gasteiger partial charge in [-0.05, 0) is 0 Å². The first-order chi connectivity index (χ1) is 26.6. The molecule has 6 aromatic carbocycles. The van der Waals surface area contributed by atoms with Gasteiger partial charge in [0.2, 0.25) is 0 Å². The van der Waals surface area contributed by atoms with Crippen LogP contribution in [0.5, 0.6) is 0 Å². The van der Waals surface area contributed by atoms with Crippen molar-refractivity contribution >= 4 is 56.6 Å². The fourth-order valence-corrected chi connectivity index (χ4v) is 51.6. The monoisotopic (exact) mass is 869 g/mol. The van der Waals surface area contributed by atoms with E-state index in [0.29, 0.717) is 0 Å². The SMILES string of the molecule is CCC[SiH](C)[Zr]([Cl])([Cl])([CH]1C(CC(C)(C)C)=Cc2c(-c3ccc4ccccc4c3)cccc21)[CH]1C(CC(C)(C)C)=Cc2c(-c3ccc4ccccc4c3)cccc21. The fourth-order valence-electron chi connectivity index (χ4n) is 10.4. The number of hydrogen-bond acceptors (Lipinski definition) is 0. The summed E-state index contributed by atoms with van der Waals surface area (Å²) in [7, 11) is 18.3. The topological polar surface area (TPSA) is 0 Å². The molecule has 6 aromatic rings. The quantitative estimate of drug-likeness (QED) is 0.127. The zero-order valence-electron chi connectivity index (χ0n) is 34.5. The number of allylic oxidation sites excluding steroid dienone is 2. The van der Waals surface area contributed by atoms with Gasteiger partial charge in [0, 0.05) is 0 Å². The molecule has 0 radical (unpaired) electrons. The van der Waals surface area contributed by atoms with Gasteiger partial charge in [-0.1, -0.05) is 0 Å². The van der Waals surface area contributed by atoms with Crippen LogP contribution in [-0.2, 0) is 15.6 Å². The third kappa shape index (κ3) is 7.10. The van der Waals surface area contributed by atoms with E-state index >= 15 is 0 Å². The Hall–Kier alpha value is -3.00. The standard InChI is InChI=1S/2C24H23.C4H11Si.2ClH.Zr/c2*1-24(2,3)16-17-13-20-9-6-10-22(23(20)14-17)21-12-11-18-7-4-5-8-19(18)15-21;1-3-4-5-2;;;/h2*4-15H,16H2,1-3H3;5H,3-4H2,1-2H3;2*1H;/q;;;;;+2/p-2. The Balaban J connectivity index is 1.38. The van der Waals surface area contributed by atoms with Crippen molar-refractivity contribution < 1.29 is 15.6 Å². The Kier molecular flexibility index (Phi) is 10.4. The third-order valence-electron chi connectivity index (χ3n) is 12.7. The van der Waals surface area contributed by atoms with Gasteiger partial charge in [-0.2, -0.15) is 0 Å². The van der Waals surface area contributed by atoms with E-state index in [1.807, 2.05) is 0 Å². The van der Waals surface area contributed by atoms with Crippen LogP contribution in [0.3, 0.4) is 0 Å². The van der Waals surface area contributed by atoms with Gasteiger partial charge in [0.15, 0.2) is 0 Å². The summed E-state index contributed by atoms with van der Waals surface area (Å²) in [6.45, 7) is 19.2. The van der Waals surface area contributed by atoms with Crippen molar-refractivity contribution in [3.8, 4) is 22.3 Å². The van der Waals surface area contributed by atoms with Crippen LogP contribution in [0.4, 0.5) is 0 Å². The molecular formula is C52H57Cl2SiZr. The number of fused-ring (bicyclic) bond motifs is 4. The van der Waals surface area contributed by atoms with E-state index in [-0.39, 0.29) is 18.1 Å². The number of halogens is 2. The molecule has 56 heavy (non-hydrogen) atoms. The normalized spacial score (nSPS) is 18.3. The molecule has 2 aliphatic rings. The van der Waals surface area contributed by atoms with E-state index in [1.54, 1.807) is 0 Å². The van der Waals surface area contributed by atoms with Crippen LogP contribution in [0, 0.1) is 10.8 Å². The minimum atomic E-state index is -5.12. The van der Waals surface area contributed by atoms with Crippen molar-refractivity contribution in [2.45, 2.75) is 87.6 Å². The molecule has 0 bridgehead atoms. The van der Waals surface area contributed by atoms with Crippen LogP contribution < -0.4 is 0 Å². The average molecular weight is 872 g/mol. The van der Waals surface area contributed by atoms with Crippen molar-refractivity contribution in [3.63, 3.8) is 0 Å². The summed E-state index contributed by atoms with van der Waals surface area (Å²) in [5.41, 5.74) is 13.5. The first kappa shape index (κ1) is 39.8. The predicted octanol–water partition coefficient (Wildman–Crippen LogP) is 16.5. The van der Waals surface area contributed by atoms with Gasteiger partial charge >= 0.3 is 348 Å². The molecule has 0 amide bonds. The van der Waals surface area contributed by atoms with Gasteiger partial charge in [-0.3, -0.25) is 0 Å². The van der Waals surface area contributed by atoms with Crippen LogP contribution in [0.25, 0.3) is 56.0 Å². The first-order valence-electron chi connectivity index (χ1n) is 20.8. The van der Waals surface area contributed by atoms with E-state index in [0.717, 1.165) is 25.3 Å². The predicted molar refractivity (Wildman–Crippen MR) is 248 cm³/mol. The second kappa shape index (κ2) is 14.7. The molecule has 3 unspecified atom stereocenters. The molecule has 2 aliphatic carbocycles. The maximum absolute atomic E-state index is 9.15. The summed E-state index contributed by atoms with van der Waals surface area (Å²) >= 11 is -5.12. The van der Waals surface area contributed by atoms with E-state index < -0.39 is 21.5 Å². The molecule has 8 rings (SSSR count). The van der Waals surface area contributed by atoms with E-state index in [1.165, 1.54) is 77.2 Å². The maximum atomic E-state index is 9.15. The number of hydrogen-bond donors (Lipinski definition) is 0. The zero-order chi connectivity index (χ0) is 39.6. The summed E-state index contributed by atoms with van der Waals surface area (Å²) in [5, 5.41) is 5.06. The Labute approximate surface area is 344 Å². The van der Waals surface area contributed by atoms with Crippen molar-refractivity contribution in [3.05, 3.63) is 155 Å². The minimum absolute atomic E-state index is 0.0475. The number of rotatable bonds is 9. The summed E-state index contributed by atoms with van der Waals surface area (Å²) in [5.74, 6) is -1.77. The van der Waals surface area contributed by atoms with Crippen LogP contribution in [-0.4, -0.2) is 5.92 Å². The van der Waals surface area contributed by atoms with Crippen LogP contribution in [0.1, 0.15) is 97.2 Å². The average Bonchev–Trinajstić information content (AvgIpc) is 3.71. The van der Waals surface area contributed by atoms with Crippen molar-refractivity contribution in [2.75, 3.05) is 0 Å². The van der Waals surface area contributed by atoms with Crippen molar-refractivity contribution in [1.29, 1.82) is 0 Å². The van der Waals surface area contributed by atoms with Gasteiger partial charge in [0.05, 0.1) is 0 Å². The van der Waals surface area contributed by atoms with Crippen LogP contribution in [0.2, 0.25) is 12.6 Å². The molecule has 0 spiro atoms. The molecule has 0 aliphatic heterocycles. The van der Waals surface area contributed by atoms with Gasteiger partial charge in [-0.25, -0.2) is 0 Å². The molecule has 0 aromatic heterocycles. The summed E-state index contributed by atoms with van der Waals surface area (Å²) < 4.78 is 0.0949. The Bertz CT molecular complexity index is 2380. The molecule has 4 heteroatoms. The summed E-state index contributed by atoms with van der Waals surface area (Å²) in [6.07, 6.45) is 8.15. The summed E-state index contributed by atoms with van der Waals surface area (Å²) in [4.78, 5) is 0. The fraction of sp³-hybridized carbons (Fsp3) is 0.308. The molecule has 0 fully saturated rings. The molecule has 0 saturated carbocycles. The second-order valence-electron chi connectivity index (χ2n) is 19.4. The molecule has 287 valence electrons. The first-order valence-corrected chi connectivity index (χ1v) is 36.8. The molecule has 0 N–H and O–H groups in total. The molecule has 0 nitrogen and oxygen atoms in total.